The van der Waals surface area contributed by atoms with Gasteiger partial charge >= 0.3 is 5.97 Å². The molecule has 0 bridgehead atoms. The number of carbonyl (C=O) groups is 2. The number of aryl methyl sites for hydroxylation is 1. The van der Waals surface area contributed by atoms with E-state index in [1.165, 1.54) is 6.26 Å². The summed E-state index contributed by atoms with van der Waals surface area (Å²) in [6.45, 7) is 5.36. The van der Waals surface area contributed by atoms with Crippen LogP contribution < -0.4 is 5.32 Å². The van der Waals surface area contributed by atoms with E-state index in [9.17, 15) is 9.59 Å². The molecule has 0 aliphatic carbocycles. The molecule has 1 N–H and O–H groups in total. The topological polar surface area (TPSA) is 68.5 Å². The van der Waals surface area contributed by atoms with Gasteiger partial charge in [-0.3, -0.25) is 4.79 Å². The fourth-order valence-electron chi connectivity index (χ4n) is 2.43. The number of esters is 1. The molecular weight excluding hydrogens is 306 g/mol. The lowest BCUT2D eigenvalue weighted by Gasteiger charge is -2.21. The summed E-state index contributed by atoms with van der Waals surface area (Å²) >= 11 is 0. The Morgan fingerprint density at radius 2 is 1.92 bits per heavy atom. The van der Waals surface area contributed by atoms with Gasteiger partial charge in [0.2, 0.25) is 5.76 Å². The second-order valence-electron chi connectivity index (χ2n) is 5.74. The molecule has 24 heavy (non-hydrogen) atoms. The molecule has 1 amide bonds. The first-order chi connectivity index (χ1) is 11.5. The van der Waals surface area contributed by atoms with Crippen molar-refractivity contribution in [1.82, 2.24) is 5.32 Å². The largest absolute Gasteiger partial charge is 0.457 e. The summed E-state index contributed by atoms with van der Waals surface area (Å²) < 4.78 is 10.3. The standard InChI is InChI=1S/C19H23NO4/c1-4-8-16(15-9-6-5-7-10-15)20-18(21)14(3)24-19(22)17-13(2)11-12-23-17/h5-7,9-12,14,16H,4,8H2,1-3H3,(H,20,21). The molecule has 0 aliphatic rings. The van der Waals surface area contributed by atoms with E-state index in [0.29, 0.717) is 5.56 Å². The molecule has 5 heteroatoms. The van der Waals surface area contributed by atoms with Crippen LogP contribution in [0.4, 0.5) is 0 Å². The van der Waals surface area contributed by atoms with Crippen LogP contribution in [0.2, 0.25) is 0 Å². The average molecular weight is 329 g/mol. The molecule has 0 saturated carbocycles. The maximum absolute atomic E-state index is 12.4. The molecule has 0 aliphatic heterocycles. The molecule has 5 nitrogen and oxygen atoms in total. The van der Waals surface area contributed by atoms with Crippen LogP contribution >= 0.6 is 0 Å². The van der Waals surface area contributed by atoms with Crippen molar-refractivity contribution in [2.75, 3.05) is 0 Å². The number of hydrogen-bond donors (Lipinski definition) is 1. The van der Waals surface area contributed by atoms with Crippen LogP contribution in [0.1, 0.15) is 54.4 Å². The van der Waals surface area contributed by atoms with Gasteiger partial charge in [-0.15, -0.1) is 0 Å². The number of hydrogen-bond acceptors (Lipinski definition) is 4. The molecule has 2 unspecified atom stereocenters. The minimum Gasteiger partial charge on any atom is -0.457 e. The molecule has 1 aromatic heterocycles. The SMILES string of the molecule is CCCC(NC(=O)C(C)OC(=O)c1occc1C)c1ccccc1. The normalized spacial score (nSPS) is 13.1. The highest BCUT2D eigenvalue weighted by atomic mass is 16.6. The van der Waals surface area contributed by atoms with Gasteiger partial charge in [-0.05, 0) is 31.9 Å². The molecular formula is C19H23NO4. The second kappa shape index (κ2) is 8.34. The Bertz CT molecular complexity index is 678. The van der Waals surface area contributed by atoms with Crippen LogP contribution in [0.15, 0.2) is 47.1 Å². The van der Waals surface area contributed by atoms with E-state index in [0.717, 1.165) is 18.4 Å². The lowest BCUT2D eigenvalue weighted by atomic mass is 10.0. The van der Waals surface area contributed by atoms with E-state index in [4.69, 9.17) is 9.15 Å². The van der Waals surface area contributed by atoms with Crippen LogP contribution in [0.25, 0.3) is 0 Å². The fraction of sp³-hybridized carbons (Fsp3) is 0.368. The fourth-order valence-corrected chi connectivity index (χ4v) is 2.43. The summed E-state index contributed by atoms with van der Waals surface area (Å²) in [5, 5.41) is 2.95. The van der Waals surface area contributed by atoms with Gasteiger partial charge in [-0.1, -0.05) is 43.7 Å². The highest BCUT2D eigenvalue weighted by Gasteiger charge is 2.24. The Hall–Kier alpha value is -2.56. The number of rotatable bonds is 7. The van der Waals surface area contributed by atoms with Crippen LogP contribution in [-0.2, 0) is 9.53 Å². The van der Waals surface area contributed by atoms with Gasteiger partial charge in [0.25, 0.3) is 5.91 Å². The number of ether oxygens (including phenoxy) is 1. The Morgan fingerprint density at radius 1 is 1.21 bits per heavy atom. The van der Waals surface area contributed by atoms with E-state index < -0.39 is 12.1 Å². The van der Waals surface area contributed by atoms with Crippen LogP contribution in [0, 0.1) is 6.92 Å². The summed E-state index contributed by atoms with van der Waals surface area (Å²) in [6.07, 6.45) is 2.27. The van der Waals surface area contributed by atoms with E-state index in [2.05, 4.69) is 12.2 Å². The van der Waals surface area contributed by atoms with Crippen LogP contribution in [0.3, 0.4) is 0 Å². The van der Waals surface area contributed by atoms with Gasteiger partial charge in [0.05, 0.1) is 12.3 Å². The van der Waals surface area contributed by atoms with Crippen molar-refractivity contribution < 1.29 is 18.7 Å². The zero-order valence-corrected chi connectivity index (χ0v) is 14.2. The minimum absolute atomic E-state index is 0.102. The molecule has 0 saturated heterocycles. The zero-order valence-electron chi connectivity index (χ0n) is 14.2. The monoisotopic (exact) mass is 329 g/mol. The van der Waals surface area contributed by atoms with Crippen molar-refractivity contribution in [1.29, 1.82) is 0 Å². The van der Waals surface area contributed by atoms with Crippen LogP contribution in [0.5, 0.6) is 0 Å². The van der Waals surface area contributed by atoms with Gasteiger partial charge in [0.15, 0.2) is 6.10 Å². The Kier molecular flexibility index (Phi) is 6.18. The summed E-state index contributed by atoms with van der Waals surface area (Å²) in [4.78, 5) is 24.4. The molecule has 2 rings (SSSR count). The third-order valence-corrected chi connectivity index (χ3v) is 3.80. The summed E-state index contributed by atoms with van der Waals surface area (Å²) in [5.74, 6) is -0.829. The van der Waals surface area contributed by atoms with E-state index in [-0.39, 0.29) is 17.7 Å². The maximum atomic E-state index is 12.4. The van der Waals surface area contributed by atoms with Crippen molar-refractivity contribution >= 4 is 11.9 Å². The molecule has 1 heterocycles. The van der Waals surface area contributed by atoms with Crippen molar-refractivity contribution in [3.63, 3.8) is 0 Å². The van der Waals surface area contributed by atoms with Crippen molar-refractivity contribution in [3.05, 3.63) is 59.5 Å². The summed E-state index contributed by atoms with van der Waals surface area (Å²) in [5.41, 5.74) is 1.72. The predicted molar refractivity (Wildman–Crippen MR) is 90.6 cm³/mol. The van der Waals surface area contributed by atoms with E-state index in [1.807, 2.05) is 30.3 Å². The summed E-state index contributed by atoms with van der Waals surface area (Å²) in [6, 6.07) is 11.3. The first-order valence-corrected chi connectivity index (χ1v) is 8.13. The Labute approximate surface area is 142 Å². The number of amides is 1. The Morgan fingerprint density at radius 3 is 2.50 bits per heavy atom. The first-order valence-electron chi connectivity index (χ1n) is 8.13. The molecule has 2 aromatic rings. The van der Waals surface area contributed by atoms with Gasteiger partial charge in [-0.2, -0.15) is 0 Å². The molecule has 0 fully saturated rings. The maximum Gasteiger partial charge on any atom is 0.375 e. The summed E-state index contributed by atoms with van der Waals surface area (Å²) in [7, 11) is 0. The van der Waals surface area contributed by atoms with Crippen molar-refractivity contribution in [2.24, 2.45) is 0 Å². The lowest BCUT2D eigenvalue weighted by molar-refractivity contribution is -0.130. The number of benzene rings is 1. The molecule has 0 spiro atoms. The number of furan rings is 1. The van der Waals surface area contributed by atoms with Gasteiger partial charge in [0.1, 0.15) is 0 Å². The van der Waals surface area contributed by atoms with Crippen molar-refractivity contribution in [3.8, 4) is 0 Å². The zero-order chi connectivity index (χ0) is 17.5. The molecule has 1 aromatic carbocycles. The second-order valence-corrected chi connectivity index (χ2v) is 5.74. The van der Waals surface area contributed by atoms with Gasteiger partial charge in [0, 0.05) is 5.56 Å². The van der Waals surface area contributed by atoms with E-state index in [1.54, 1.807) is 19.9 Å². The lowest BCUT2D eigenvalue weighted by Crippen LogP contribution is -2.38. The quantitative estimate of drug-likeness (QED) is 0.785. The third kappa shape index (κ3) is 4.47. The van der Waals surface area contributed by atoms with Gasteiger partial charge in [-0.25, -0.2) is 4.79 Å². The highest BCUT2D eigenvalue weighted by Crippen LogP contribution is 2.19. The van der Waals surface area contributed by atoms with E-state index >= 15 is 0 Å². The first kappa shape index (κ1) is 17.8. The van der Waals surface area contributed by atoms with Crippen molar-refractivity contribution in [2.45, 2.75) is 45.8 Å². The van der Waals surface area contributed by atoms with Gasteiger partial charge < -0.3 is 14.5 Å². The smallest absolute Gasteiger partial charge is 0.375 e. The third-order valence-electron chi connectivity index (χ3n) is 3.80. The average Bonchev–Trinajstić information content (AvgIpc) is 3.01. The highest BCUT2D eigenvalue weighted by molar-refractivity contribution is 5.91. The minimum atomic E-state index is -0.898. The molecule has 2 atom stereocenters. The number of carbonyl (C=O) groups excluding carboxylic acids is 2. The predicted octanol–water partition coefficient (Wildman–Crippen LogP) is 3.79. The molecule has 0 radical (unpaired) electrons. The van der Waals surface area contributed by atoms with Crippen LogP contribution in [-0.4, -0.2) is 18.0 Å². The molecule has 128 valence electrons. The Balaban J connectivity index is 1.99. The number of nitrogens with one attached hydrogen (secondary N) is 1.